The quantitative estimate of drug-likeness (QED) is 0.675. The molecule has 0 spiro atoms. The Bertz CT molecular complexity index is 268. The molecule has 2 rings (SSSR count). The SMILES string of the molecule is [O-][NH+]1CCC(Nc2ccccc2)CC1. The van der Waals surface area contributed by atoms with Crippen LogP contribution >= 0.6 is 0 Å². The molecule has 0 radical (unpaired) electrons. The molecule has 0 aliphatic carbocycles. The van der Waals surface area contributed by atoms with Crippen LogP contribution in [0.4, 0.5) is 5.69 Å². The molecule has 3 heteroatoms. The maximum atomic E-state index is 11.0. The van der Waals surface area contributed by atoms with Crippen LogP contribution in [0.1, 0.15) is 12.8 Å². The first-order valence-electron chi connectivity index (χ1n) is 5.18. The van der Waals surface area contributed by atoms with Crippen LogP contribution < -0.4 is 10.4 Å². The van der Waals surface area contributed by atoms with E-state index in [1.54, 1.807) is 0 Å². The third-order valence-electron chi connectivity index (χ3n) is 2.69. The van der Waals surface area contributed by atoms with Crippen LogP contribution in [-0.4, -0.2) is 19.1 Å². The van der Waals surface area contributed by atoms with Gasteiger partial charge >= 0.3 is 0 Å². The number of benzene rings is 1. The van der Waals surface area contributed by atoms with Crippen molar-refractivity contribution in [2.75, 3.05) is 18.4 Å². The fraction of sp³-hybridized carbons (Fsp3) is 0.455. The Kier molecular flexibility index (Phi) is 3.01. The first-order chi connectivity index (χ1) is 6.84. The molecule has 0 bridgehead atoms. The van der Waals surface area contributed by atoms with Crippen molar-refractivity contribution in [3.05, 3.63) is 35.5 Å². The summed E-state index contributed by atoms with van der Waals surface area (Å²) in [7, 11) is 0. The second-order valence-corrected chi connectivity index (χ2v) is 3.82. The average Bonchev–Trinajstić information content (AvgIpc) is 2.23. The van der Waals surface area contributed by atoms with Gasteiger partial charge in [0, 0.05) is 24.6 Å². The summed E-state index contributed by atoms with van der Waals surface area (Å²) in [4.78, 5) is 0. The van der Waals surface area contributed by atoms with Gasteiger partial charge in [0.15, 0.2) is 0 Å². The molecule has 0 aromatic heterocycles. The number of piperidine rings is 1. The largest absolute Gasteiger partial charge is 0.634 e. The predicted octanol–water partition coefficient (Wildman–Crippen LogP) is 0.644. The van der Waals surface area contributed by atoms with Crippen LogP contribution in [-0.2, 0) is 0 Å². The number of quaternary nitrogens is 1. The normalized spacial score (nSPS) is 27.2. The fourth-order valence-electron chi connectivity index (χ4n) is 1.85. The van der Waals surface area contributed by atoms with Crippen molar-refractivity contribution in [1.82, 2.24) is 0 Å². The van der Waals surface area contributed by atoms with Crippen LogP contribution in [0.3, 0.4) is 0 Å². The molecule has 0 amide bonds. The lowest BCUT2D eigenvalue weighted by Crippen LogP contribution is -3.08. The summed E-state index contributed by atoms with van der Waals surface area (Å²) >= 11 is 0. The minimum absolute atomic E-state index is 0.413. The second-order valence-electron chi connectivity index (χ2n) is 3.82. The molecule has 3 nitrogen and oxygen atoms in total. The van der Waals surface area contributed by atoms with Crippen molar-refractivity contribution in [2.24, 2.45) is 0 Å². The van der Waals surface area contributed by atoms with E-state index in [2.05, 4.69) is 17.4 Å². The van der Waals surface area contributed by atoms with E-state index in [9.17, 15) is 5.21 Å². The van der Waals surface area contributed by atoms with E-state index in [1.165, 1.54) is 0 Å². The Labute approximate surface area is 84.3 Å². The second kappa shape index (κ2) is 4.44. The van der Waals surface area contributed by atoms with Crippen molar-refractivity contribution in [3.8, 4) is 0 Å². The van der Waals surface area contributed by atoms with E-state index in [4.69, 9.17) is 0 Å². The Morgan fingerprint density at radius 1 is 1.14 bits per heavy atom. The number of nitrogens with one attached hydrogen (secondary N) is 2. The lowest BCUT2D eigenvalue weighted by atomic mass is 10.1. The molecular formula is C11H16N2O. The lowest BCUT2D eigenvalue weighted by Gasteiger charge is -2.32. The van der Waals surface area contributed by atoms with E-state index in [0.717, 1.165) is 31.6 Å². The van der Waals surface area contributed by atoms with Crippen LogP contribution in [0.25, 0.3) is 0 Å². The third-order valence-corrected chi connectivity index (χ3v) is 2.69. The van der Waals surface area contributed by atoms with Crippen molar-refractivity contribution in [3.63, 3.8) is 0 Å². The molecule has 76 valence electrons. The van der Waals surface area contributed by atoms with Gasteiger partial charge in [-0.25, -0.2) is 0 Å². The monoisotopic (exact) mass is 192 g/mol. The molecule has 1 aromatic rings. The topological polar surface area (TPSA) is 39.5 Å². The standard InChI is InChI=1S/C11H16N2O/c14-13-8-6-11(7-9-13)12-10-4-2-1-3-5-10/h1-5,11-13H,6-9H2. The Morgan fingerprint density at radius 3 is 2.43 bits per heavy atom. The van der Waals surface area contributed by atoms with Gasteiger partial charge in [-0.2, -0.15) is 0 Å². The highest BCUT2D eigenvalue weighted by Gasteiger charge is 2.16. The first-order valence-corrected chi connectivity index (χ1v) is 5.18. The zero-order valence-electron chi connectivity index (χ0n) is 8.20. The predicted molar refractivity (Wildman–Crippen MR) is 57.2 cm³/mol. The number of hydroxylamine groups is 2. The molecule has 0 atom stereocenters. The summed E-state index contributed by atoms with van der Waals surface area (Å²) in [5, 5.41) is 14.9. The van der Waals surface area contributed by atoms with Crippen molar-refractivity contribution < 1.29 is 5.06 Å². The Balaban J connectivity index is 1.87. The molecule has 14 heavy (non-hydrogen) atoms. The molecule has 1 aliphatic rings. The summed E-state index contributed by atoms with van der Waals surface area (Å²) in [5.41, 5.74) is 1.16. The number of hydrogen-bond donors (Lipinski definition) is 2. The lowest BCUT2D eigenvalue weighted by molar-refractivity contribution is -0.853. The summed E-state index contributed by atoms with van der Waals surface area (Å²) in [5.74, 6) is 0. The van der Waals surface area contributed by atoms with Crippen molar-refractivity contribution >= 4 is 5.69 Å². The van der Waals surface area contributed by atoms with Gasteiger partial charge in [-0.1, -0.05) is 18.2 Å². The number of rotatable bonds is 2. The number of anilines is 1. The summed E-state index contributed by atoms with van der Waals surface area (Å²) in [6, 6.07) is 10.7. The highest BCUT2D eigenvalue weighted by molar-refractivity contribution is 5.43. The van der Waals surface area contributed by atoms with Crippen molar-refractivity contribution in [1.29, 1.82) is 0 Å². The summed E-state index contributed by atoms with van der Waals surface area (Å²) in [6.45, 7) is 1.48. The first kappa shape index (κ1) is 9.49. The molecule has 0 unspecified atom stereocenters. The van der Waals surface area contributed by atoms with Gasteiger partial charge in [-0.15, -0.1) is 0 Å². The minimum atomic E-state index is 0.413. The van der Waals surface area contributed by atoms with Crippen LogP contribution in [0, 0.1) is 5.21 Å². The maximum Gasteiger partial charge on any atom is 0.0788 e. The van der Waals surface area contributed by atoms with E-state index >= 15 is 0 Å². The molecule has 1 aromatic carbocycles. The van der Waals surface area contributed by atoms with Crippen LogP contribution in [0.15, 0.2) is 30.3 Å². The van der Waals surface area contributed by atoms with Crippen LogP contribution in [0.2, 0.25) is 0 Å². The van der Waals surface area contributed by atoms with Gasteiger partial charge in [-0.05, 0) is 12.1 Å². The fourth-order valence-corrected chi connectivity index (χ4v) is 1.85. The van der Waals surface area contributed by atoms with Crippen LogP contribution in [0.5, 0.6) is 0 Å². The number of para-hydroxylation sites is 1. The smallest absolute Gasteiger partial charge is 0.0788 e. The molecule has 1 aliphatic heterocycles. The van der Waals surface area contributed by atoms with Gasteiger partial charge in [0.1, 0.15) is 0 Å². The third kappa shape index (κ3) is 2.47. The highest BCUT2D eigenvalue weighted by Crippen LogP contribution is 2.11. The zero-order chi connectivity index (χ0) is 9.80. The number of hydrogen-bond acceptors (Lipinski definition) is 2. The molecule has 1 fully saturated rings. The molecule has 0 saturated carbocycles. The van der Waals surface area contributed by atoms with Gasteiger partial charge in [-0.3, -0.25) is 0 Å². The van der Waals surface area contributed by atoms with E-state index in [-0.39, 0.29) is 0 Å². The minimum Gasteiger partial charge on any atom is -0.634 e. The molecule has 1 saturated heterocycles. The van der Waals surface area contributed by atoms with Crippen molar-refractivity contribution in [2.45, 2.75) is 18.9 Å². The Hall–Kier alpha value is -1.06. The maximum absolute atomic E-state index is 11.0. The van der Waals surface area contributed by atoms with E-state index in [1.807, 2.05) is 18.2 Å². The van der Waals surface area contributed by atoms with Gasteiger partial charge in [0.05, 0.1) is 13.1 Å². The van der Waals surface area contributed by atoms with Gasteiger partial charge in [0.2, 0.25) is 0 Å². The van der Waals surface area contributed by atoms with E-state index in [0.29, 0.717) is 11.1 Å². The molecule has 2 N–H and O–H groups in total. The Morgan fingerprint density at radius 2 is 1.79 bits per heavy atom. The zero-order valence-corrected chi connectivity index (χ0v) is 8.20. The highest BCUT2D eigenvalue weighted by atomic mass is 16.5. The summed E-state index contributed by atoms with van der Waals surface area (Å²) < 4.78 is 0. The molecular weight excluding hydrogens is 176 g/mol. The van der Waals surface area contributed by atoms with E-state index < -0.39 is 0 Å². The average molecular weight is 192 g/mol. The van der Waals surface area contributed by atoms with Gasteiger partial charge in [0.25, 0.3) is 0 Å². The summed E-state index contributed by atoms with van der Waals surface area (Å²) in [6.07, 6.45) is 1.96. The molecule has 1 heterocycles. The van der Waals surface area contributed by atoms with Gasteiger partial charge < -0.3 is 15.6 Å².